The first-order chi connectivity index (χ1) is 12.6. The average Bonchev–Trinajstić information content (AvgIpc) is 2.65. The van der Waals surface area contributed by atoms with E-state index >= 15 is 0 Å². The normalized spacial score (nSPS) is 13.1. The minimum Gasteiger partial charge on any atom is -0.362 e. The van der Waals surface area contributed by atoms with E-state index < -0.39 is 0 Å². The fourth-order valence-electron chi connectivity index (χ4n) is 3.28. The predicted octanol–water partition coefficient (Wildman–Crippen LogP) is 3.73. The lowest BCUT2D eigenvalue weighted by atomic mass is 10.0. The number of nitrogens with one attached hydrogen (secondary N) is 2. The van der Waals surface area contributed by atoms with Crippen molar-refractivity contribution >= 4 is 28.9 Å². The van der Waals surface area contributed by atoms with Gasteiger partial charge in [-0.1, -0.05) is 31.2 Å². The molecule has 0 spiro atoms. The zero-order valence-corrected chi connectivity index (χ0v) is 15.3. The summed E-state index contributed by atoms with van der Waals surface area (Å²) < 4.78 is 0. The van der Waals surface area contributed by atoms with Gasteiger partial charge in [0.15, 0.2) is 0 Å². The number of fused-ring (bicyclic) bond motifs is 1. The summed E-state index contributed by atoms with van der Waals surface area (Å²) in [7, 11) is 0. The molecule has 5 nitrogen and oxygen atoms in total. The summed E-state index contributed by atoms with van der Waals surface area (Å²) in [4.78, 5) is 26.4. The van der Waals surface area contributed by atoms with E-state index in [1.54, 1.807) is 0 Å². The molecule has 0 saturated carbocycles. The lowest BCUT2D eigenvalue weighted by molar-refractivity contribution is -0.116. The van der Waals surface area contributed by atoms with E-state index in [1.807, 2.05) is 44.2 Å². The van der Waals surface area contributed by atoms with Gasteiger partial charge in [-0.3, -0.25) is 9.59 Å². The van der Waals surface area contributed by atoms with E-state index in [9.17, 15) is 9.59 Å². The molecular formula is C21H25N3O2. The molecule has 0 saturated heterocycles. The van der Waals surface area contributed by atoms with Crippen LogP contribution in [-0.2, 0) is 16.0 Å². The van der Waals surface area contributed by atoms with Crippen molar-refractivity contribution in [2.45, 2.75) is 33.1 Å². The van der Waals surface area contributed by atoms with Gasteiger partial charge in [-0.25, -0.2) is 0 Å². The quantitative estimate of drug-likeness (QED) is 0.863. The average molecular weight is 351 g/mol. The molecule has 1 aliphatic heterocycles. The zero-order valence-electron chi connectivity index (χ0n) is 15.3. The summed E-state index contributed by atoms with van der Waals surface area (Å²) in [5.41, 5.74) is 4.77. The number of nitrogens with zero attached hydrogens (tertiary/aromatic N) is 1. The molecule has 0 bridgehead atoms. The van der Waals surface area contributed by atoms with E-state index in [1.165, 1.54) is 5.56 Å². The Bertz CT molecular complexity index is 817. The molecule has 2 aromatic carbocycles. The molecule has 26 heavy (non-hydrogen) atoms. The van der Waals surface area contributed by atoms with Crippen molar-refractivity contribution in [2.24, 2.45) is 0 Å². The number of carbonyl (C=O) groups excluding carboxylic acids is 2. The van der Waals surface area contributed by atoms with Gasteiger partial charge in [0, 0.05) is 30.0 Å². The maximum absolute atomic E-state index is 12.6. The number of para-hydroxylation sites is 1. The van der Waals surface area contributed by atoms with Crippen molar-refractivity contribution in [3.05, 3.63) is 53.6 Å². The number of hydrogen-bond donors (Lipinski definition) is 2. The molecule has 1 aliphatic rings. The second kappa shape index (κ2) is 8.04. The van der Waals surface area contributed by atoms with E-state index in [2.05, 4.69) is 27.7 Å². The van der Waals surface area contributed by atoms with Gasteiger partial charge in [0.2, 0.25) is 11.8 Å². The first kappa shape index (κ1) is 18.0. The monoisotopic (exact) mass is 351 g/mol. The second-order valence-corrected chi connectivity index (χ2v) is 6.58. The van der Waals surface area contributed by atoms with E-state index in [0.717, 1.165) is 42.0 Å². The van der Waals surface area contributed by atoms with Crippen molar-refractivity contribution in [3.8, 4) is 0 Å². The fraction of sp³-hybridized carbons (Fsp3) is 0.333. The lowest BCUT2D eigenvalue weighted by Gasteiger charge is -2.30. The van der Waals surface area contributed by atoms with Gasteiger partial charge in [-0.05, 0) is 49.1 Å². The Balaban J connectivity index is 1.70. The first-order valence-corrected chi connectivity index (χ1v) is 9.10. The summed E-state index contributed by atoms with van der Waals surface area (Å²) in [6.07, 6.45) is 2.54. The lowest BCUT2D eigenvalue weighted by Crippen LogP contribution is -2.36. The van der Waals surface area contributed by atoms with Crippen LogP contribution in [-0.4, -0.2) is 24.9 Å². The Hall–Kier alpha value is -2.82. The van der Waals surface area contributed by atoms with Crippen LogP contribution in [0.1, 0.15) is 30.9 Å². The minimum atomic E-state index is -0.0521. The standard InChI is InChI=1S/C21H25N3O2/c1-3-20(25)22-17-10-6-11-18(15(17)2)23-21(26)14-24-13-7-9-16-8-4-5-12-19(16)24/h4-6,8,10-12H,3,7,9,13-14H2,1-2H3,(H,22,25)(H,23,26). The molecule has 2 N–H and O–H groups in total. The minimum absolute atomic E-state index is 0.0403. The molecule has 3 rings (SSSR count). The second-order valence-electron chi connectivity index (χ2n) is 6.58. The Labute approximate surface area is 154 Å². The summed E-state index contributed by atoms with van der Waals surface area (Å²) in [5, 5.41) is 5.86. The summed E-state index contributed by atoms with van der Waals surface area (Å²) in [5.74, 6) is -0.0923. The zero-order chi connectivity index (χ0) is 18.5. The molecule has 2 amide bonds. The molecule has 0 atom stereocenters. The van der Waals surface area contributed by atoms with Crippen molar-refractivity contribution in [2.75, 3.05) is 28.6 Å². The van der Waals surface area contributed by atoms with Crippen LogP contribution in [0.3, 0.4) is 0 Å². The highest BCUT2D eigenvalue weighted by molar-refractivity contribution is 5.97. The topological polar surface area (TPSA) is 61.4 Å². The van der Waals surface area contributed by atoms with E-state index in [4.69, 9.17) is 0 Å². The van der Waals surface area contributed by atoms with Crippen LogP contribution in [0, 0.1) is 6.92 Å². The Morgan fingerprint density at radius 1 is 1.00 bits per heavy atom. The summed E-state index contributed by atoms with van der Waals surface area (Å²) in [6.45, 7) is 4.92. The number of rotatable bonds is 5. The smallest absolute Gasteiger partial charge is 0.243 e. The highest BCUT2D eigenvalue weighted by Gasteiger charge is 2.19. The Kier molecular flexibility index (Phi) is 5.56. The Morgan fingerprint density at radius 3 is 2.42 bits per heavy atom. The maximum Gasteiger partial charge on any atom is 0.243 e. The molecule has 0 unspecified atom stereocenters. The fourth-order valence-corrected chi connectivity index (χ4v) is 3.28. The van der Waals surface area contributed by atoms with Gasteiger partial charge < -0.3 is 15.5 Å². The predicted molar refractivity (Wildman–Crippen MR) is 106 cm³/mol. The maximum atomic E-state index is 12.6. The highest BCUT2D eigenvalue weighted by Crippen LogP contribution is 2.27. The van der Waals surface area contributed by atoms with Crippen molar-refractivity contribution in [3.63, 3.8) is 0 Å². The summed E-state index contributed by atoms with van der Waals surface area (Å²) >= 11 is 0. The third-order valence-electron chi connectivity index (χ3n) is 4.74. The van der Waals surface area contributed by atoms with Gasteiger partial charge >= 0.3 is 0 Å². The van der Waals surface area contributed by atoms with Crippen molar-refractivity contribution in [1.29, 1.82) is 0 Å². The van der Waals surface area contributed by atoms with E-state index in [0.29, 0.717) is 13.0 Å². The molecule has 5 heteroatoms. The van der Waals surface area contributed by atoms with Crippen LogP contribution >= 0.6 is 0 Å². The van der Waals surface area contributed by atoms with Crippen LogP contribution in [0.25, 0.3) is 0 Å². The number of anilines is 3. The third-order valence-corrected chi connectivity index (χ3v) is 4.74. The highest BCUT2D eigenvalue weighted by atomic mass is 16.2. The van der Waals surface area contributed by atoms with Crippen LogP contribution in [0.5, 0.6) is 0 Å². The summed E-state index contributed by atoms with van der Waals surface area (Å²) in [6, 6.07) is 13.8. The van der Waals surface area contributed by atoms with Crippen LogP contribution in [0.4, 0.5) is 17.1 Å². The van der Waals surface area contributed by atoms with Gasteiger partial charge in [0.25, 0.3) is 0 Å². The Morgan fingerprint density at radius 2 is 1.69 bits per heavy atom. The molecule has 0 radical (unpaired) electrons. The SMILES string of the molecule is CCC(=O)Nc1cccc(NC(=O)CN2CCCc3ccccc32)c1C. The molecule has 0 aliphatic carbocycles. The number of aryl methyl sites for hydroxylation is 1. The van der Waals surface area contributed by atoms with Crippen molar-refractivity contribution in [1.82, 2.24) is 0 Å². The molecule has 0 fully saturated rings. The first-order valence-electron chi connectivity index (χ1n) is 9.10. The molecule has 2 aromatic rings. The molecular weight excluding hydrogens is 326 g/mol. The third kappa shape index (κ3) is 4.04. The van der Waals surface area contributed by atoms with E-state index in [-0.39, 0.29) is 11.8 Å². The molecule has 0 aromatic heterocycles. The number of benzene rings is 2. The number of carbonyl (C=O) groups is 2. The van der Waals surface area contributed by atoms with Crippen LogP contribution in [0.15, 0.2) is 42.5 Å². The number of hydrogen-bond acceptors (Lipinski definition) is 3. The van der Waals surface area contributed by atoms with Gasteiger partial charge in [0.05, 0.1) is 6.54 Å². The molecule has 136 valence electrons. The largest absolute Gasteiger partial charge is 0.362 e. The van der Waals surface area contributed by atoms with Crippen molar-refractivity contribution < 1.29 is 9.59 Å². The van der Waals surface area contributed by atoms with Crippen LogP contribution in [0.2, 0.25) is 0 Å². The number of amides is 2. The van der Waals surface area contributed by atoms with Gasteiger partial charge in [0.1, 0.15) is 0 Å². The van der Waals surface area contributed by atoms with Crippen LogP contribution < -0.4 is 15.5 Å². The van der Waals surface area contributed by atoms with Gasteiger partial charge in [-0.15, -0.1) is 0 Å². The molecule has 1 heterocycles. The van der Waals surface area contributed by atoms with Gasteiger partial charge in [-0.2, -0.15) is 0 Å².